The fourth-order valence-electron chi connectivity index (χ4n) is 3.52. The van der Waals surface area contributed by atoms with Crippen LogP contribution in [0.3, 0.4) is 0 Å². The van der Waals surface area contributed by atoms with Crippen LogP contribution in [0.15, 0.2) is 105 Å². The molecular formula is C26H18F2N4O3. The standard InChI is InChI=1S/C26H18F2N4O3/c27-26(28)34-21-12-10-19(11-13-21)30-29-15-18-16-32(20-7-2-1-3-8-20)31-24(18)22-14-17-6-4-5-9-23(17)35-25(22)33/h1-16,26,30H/b29-15+. The number of ether oxygens (including phenoxy) is 1. The molecule has 0 saturated carbocycles. The van der Waals surface area contributed by atoms with Crippen molar-refractivity contribution in [2.45, 2.75) is 6.61 Å². The summed E-state index contributed by atoms with van der Waals surface area (Å²) in [4.78, 5) is 12.8. The maximum atomic E-state index is 12.8. The molecule has 174 valence electrons. The smallest absolute Gasteiger partial charge is 0.387 e. The molecule has 9 heteroatoms. The number of para-hydroxylation sites is 2. The maximum Gasteiger partial charge on any atom is 0.387 e. The monoisotopic (exact) mass is 472 g/mol. The van der Waals surface area contributed by atoms with Crippen molar-refractivity contribution in [2.24, 2.45) is 5.10 Å². The van der Waals surface area contributed by atoms with Crippen molar-refractivity contribution in [1.82, 2.24) is 9.78 Å². The molecule has 2 heterocycles. The van der Waals surface area contributed by atoms with Crippen LogP contribution in [0.5, 0.6) is 5.75 Å². The van der Waals surface area contributed by atoms with Gasteiger partial charge in [-0.2, -0.15) is 19.0 Å². The van der Waals surface area contributed by atoms with Crippen molar-refractivity contribution in [1.29, 1.82) is 0 Å². The summed E-state index contributed by atoms with van der Waals surface area (Å²) in [6.07, 6.45) is 3.28. The second kappa shape index (κ2) is 9.60. The van der Waals surface area contributed by atoms with Crippen LogP contribution in [-0.2, 0) is 0 Å². The third-order valence-electron chi connectivity index (χ3n) is 5.14. The van der Waals surface area contributed by atoms with Gasteiger partial charge in [-0.1, -0.05) is 36.4 Å². The van der Waals surface area contributed by atoms with E-state index in [9.17, 15) is 13.6 Å². The topological polar surface area (TPSA) is 81.7 Å². The number of nitrogens with one attached hydrogen (secondary N) is 1. The molecular weight excluding hydrogens is 454 g/mol. The second-order valence-electron chi connectivity index (χ2n) is 7.47. The number of hydrogen-bond acceptors (Lipinski definition) is 6. The molecule has 5 rings (SSSR count). The van der Waals surface area contributed by atoms with Gasteiger partial charge in [-0.15, -0.1) is 0 Å². The number of aromatic nitrogens is 2. The average molecular weight is 472 g/mol. The van der Waals surface area contributed by atoms with Crippen molar-refractivity contribution < 1.29 is 17.9 Å². The van der Waals surface area contributed by atoms with Gasteiger partial charge in [0.05, 0.1) is 23.2 Å². The third-order valence-corrected chi connectivity index (χ3v) is 5.14. The highest BCUT2D eigenvalue weighted by atomic mass is 19.3. The molecule has 0 aliphatic carbocycles. The summed E-state index contributed by atoms with van der Waals surface area (Å²) in [5.74, 6) is 0.0454. The molecule has 0 unspecified atom stereocenters. The number of halogens is 2. The SMILES string of the molecule is O=c1oc2ccccc2cc1-c1nn(-c2ccccc2)cc1/C=N/Nc1ccc(OC(F)F)cc1. The Morgan fingerprint density at radius 1 is 1.00 bits per heavy atom. The van der Waals surface area contributed by atoms with Gasteiger partial charge < -0.3 is 9.15 Å². The van der Waals surface area contributed by atoms with E-state index in [0.29, 0.717) is 28.1 Å². The minimum Gasteiger partial charge on any atom is -0.435 e. The van der Waals surface area contributed by atoms with Gasteiger partial charge in [0.25, 0.3) is 0 Å². The Balaban J connectivity index is 1.50. The number of benzene rings is 3. The Morgan fingerprint density at radius 3 is 2.51 bits per heavy atom. The van der Waals surface area contributed by atoms with E-state index < -0.39 is 12.2 Å². The molecule has 3 aromatic carbocycles. The summed E-state index contributed by atoms with van der Waals surface area (Å²) in [6.45, 7) is -2.89. The number of rotatable bonds is 7. The number of hydrazone groups is 1. The van der Waals surface area contributed by atoms with E-state index >= 15 is 0 Å². The van der Waals surface area contributed by atoms with Gasteiger partial charge in [0.1, 0.15) is 17.0 Å². The molecule has 0 radical (unpaired) electrons. The van der Waals surface area contributed by atoms with Crippen LogP contribution in [0, 0.1) is 0 Å². The van der Waals surface area contributed by atoms with Gasteiger partial charge in [0.2, 0.25) is 0 Å². The van der Waals surface area contributed by atoms with E-state index in [1.54, 1.807) is 41.2 Å². The zero-order valence-corrected chi connectivity index (χ0v) is 18.1. The molecule has 1 N–H and O–H groups in total. The van der Waals surface area contributed by atoms with E-state index in [4.69, 9.17) is 4.42 Å². The van der Waals surface area contributed by atoms with Crippen LogP contribution in [0.2, 0.25) is 0 Å². The van der Waals surface area contributed by atoms with Crippen LogP contribution in [0.1, 0.15) is 5.56 Å². The summed E-state index contributed by atoms with van der Waals surface area (Å²) in [5.41, 5.74) is 5.44. The highest BCUT2D eigenvalue weighted by Gasteiger charge is 2.16. The van der Waals surface area contributed by atoms with Crippen molar-refractivity contribution in [3.63, 3.8) is 0 Å². The minimum atomic E-state index is -2.89. The molecule has 7 nitrogen and oxygen atoms in total. The minimum absolute atomic E-state index is 0.0454. The lowest BCUT2D eigenvalue weighted by Crippen LogP contribution is -2.05. The van der Waals surface area contributed by atoms with Gasteiger partial charge >= 0.3 is 12.2 Å². The van der Waals surface area contributed by atoms with E-state index in [2.05, 4.69) is 20.4 Å². The molecule has 2 aromatic heterocycles. The highest BCUT2D eigenvalue weighted by molar-refractivity contribution is 5.91. The van der Waals surface area contributed by atoms with E-state index in [0.717, 1.165) is 11.1 Å². The predicted octanol–water partition coefficient (Wildman–Crippen LogP) is 5.69. The Bertz CT molecular complexity index is 1540. The maximum absolute atomic E-state index is 12.8. The molecule has 0 bridgehead atoms. The number of nitrogens with zero attached hydrogens (tertiary/aromatic N) is 3. The summed E-state index contributed by atoms with van der Waals surface area (Å²) in [5, 5.41) is 9.64. The number of anilines is 1. The summed E-state index contributed by atoms with van der Waals surface area (Å²) in [6, 6.07) is 24.4. The van der Waals surface area contributed by atoms with Crippen LogP contribution < -0.4 is 15.8 Å². The molecule has 0 aliphatic rings. The zero-order chi connectivity index (χ0) is 24.2. The quantitative estimate of drug-likeness (QED) is 0.187. The fraction of sp³-hybridized carbons (Fsp3) is 0.0385. The van der Waals surface area contributed by atoms with Crippen molar-refractivity contribution in [2.75, 3.05) is 5.43 Å². The van der Waals surface area contributed by atoms with Crippen molar-refractivity contribution in [3.05, 3.63) is 107 Å². The molecule has 0 saturated heterocycles. The number of fused-ring (bicyclic) bond motifs is 1. The zero-order valence-electron chi connectivity index (χ0n) is 18.1. The van der Waals surface area contributed by atoms with Crippen molar-refractivity contribution >= 4 is 22.9 Å². The number of hydrogen-bond donors (Lipinski definition) is 1. The van der Waals surface area contributed by atoms with Crippen LogP contribution >= 0.6 is 0 Å². The Morgan fingerprint density at radius 2 is 1.74 bits per heavy atom. The first kappa shape index (κ1) is 22.0. The predicted molar refractivity (Wildman–Crippen MR) is 129 cm³/mol. The third kappa shape index (κ3) is 4.93. The lowest BCUT2D eigenvalue weighted by atomic mass is 10.1. The van der Waals surface area contributed by atoms with Gasteiger partial charge in [0.15, 0.2) is 0 Å². The normalized spacial score (nSPS) is 11.4. The average Bonchev–Trinajstić information content (AvgIpc) is 3.29. The largest absolute Gasteiger partial charge is 0.435 e. The molecule has 0 fully saturated rings. The van der Waals surface area contributed by atoms with Gasteiger partial charge in [-0.25, -0.2) is 9.48 Å². The van der Waals surface area contributed by atoms with Gasteiger partial charge in [-0.05, 0) is 48.5 Å². The van der Waals surface area contributed by atoms with Gasteiger partial charge in [0, 0.05) is 17.1 Å². The molecule has 5 aromatic rings. The summed E-state index contributed by atoms with van der Waals surface area (Å²) >= 11 is 0. The summed E-state index contributed by atoms with van der Waals surface area (Å²) in [7, 11) is 0. The molecule has 0 spiro atoms. The highest BCUT2D eigenvalue weighted by Crippen LogP contribution is 2.24. The fourth-order valence-corrected chi connectivity index (χ4v) is 3.52. The second-order valence-corrected chi connectivity index (χ2v) is 7.47. The molecule has 0 aliphatic heterocycles. The first-order valence-electron chi connectivity index (χ1n) is 10.6. The van der Waals surface area contributed by atoms with E-state index in [-0.39, 0.29) is 5.75 Å². The van der Waals surface area contributed by atoms with E-state index in [1.807, 2.05) is 42.5 Å². The lowest BCUT2D eigenvalue weighted by Gasteiger charge is -2.05. The molecule has 35 heavy (non-hydrogen) atoms. The molecule has 0 atom stereocenters. The lowest BCUT2D eigenvalue weighted by molar-refractivity contribution is -0.0498. The Hall–Kier alpha value is -4.79. The van der Waals surface area contributed by atoms with Crippen LogP contribution in [0.4, 0.5) is 14.5 Å². The van der Waals surface area contributed by atoms with Crippen molar-refractivity contribution in [3.8, 4) is 22.7 Å². The summed E-state index contributed by atoms with van der Waals surface area (Å²) < 4.78 is 36.2. The first-order chi connectivity index (χ1) is 17.1. The first-order valence-corrected chi connectivity index (χ1v) is 10.6. The Kier molecular flexibility index (Phi) is 6.04. The van der Waals surface area contributed by atoms with Crippen LogP contribution in [0.25, 0.3) is 27.9 Å². The Labute approximate surface area is 197 Å². The van der Waals surface area contributed by atoms with Gasteiger partial charge in [-0.3, -0.25) is 5.43 Å². The number of alkyl halides is 2. The van der Waals surface area contributed by atoms with E-state index in [1.165, 1.54) is 18.3 Å². The molecule has 0 amide bonds. The van der Waals surface area contributed by atoms with Crippen LogP contribution in [-0.4, -0.2) is 22.6 Å².